The second-order valence-electron chi connectivity index (χ2n) is 6.34. The third-order valence-corrected chi connectivity index (χ3v) is 4.50. The normalized spacial score (nSPS) is 15.5. The highest BCUT2D eigenvalue weighted by Gasteiger charge is 2.32. The molecule has 2 heterocycles. The number of halogens is 2. The van der Waals surface area contributed by atoms with Crippen molar-refractivity contribution in [2.45, 2.75) is 19.4 Å². The smallest absolute Gasteiger partial charge is 0.277 e. The van der Waals surface area contributed by atoms with Crippen LogP contribution >= 0.6 is 0 Å². The zero-order valence-electron chi connectivity index (χ0n) is 14.5. The van der Waals surface area contributed by atoms with E-state index in [0.29, 0.717) is 0 Å². The number of anilines is 3. The van der Waals surface area contributed by atoms with Gasteiger partial charge in [-0.1, -0.05) is 24.3 Å². The van der Waals surface area contributed by atoms with Crippen molar-refractivity contribution in [2.24, 2.45) is 0 Å². The monoisotopic (exact) mass is 366 g/mol. The molecule has 0 spiro atoms. The number of benzene rings is 2. The van der Waals surface area contributed by atoms with Crippen molar-refractivity contribution in [3.8, 4) is 0 Å². The zero-order valence-corrected chi connectivity index (χ0v) is 14.5. The molecule has 1 aliphatic heterocycles. The maximum atomic E-state index is 13.8. The number of amides is 1. The van der Waals surface area contributed by atoms with Gasteiger partial charge in [0.05, 0.1) is 0 Å². The molecule has 1 atom stereocenters. The van der Waals surface area contributed by atoms with Crippen LogP contribution < -0.4 is 10.2 Å². The number of rotatable bonds is 3. The van der Waals surface area contributed by atoms with Crippen LogP contribution in [0, 0.1) is 11.6 Å². The first-order valence-corrected chi connectivity index (χ1v) is 8.50. The molecule has 7 heteroatoms. The highest BCUT2D eigenvalue weighted by molar-refractivity contribution is 6.06. The Bertz CT molecular complexity index is 1000. The number of nitrogens with one attached hydrogen (secondary N) is 1. The van der Waals surface area contributed by atoms with Gasteiger partial charge in [-0.05, 0) is 43.2 Å². The Morgan fingerprint density at radius 2 is 1.85 bits per heavy atom. The van der Waals surface area contributed by atoms with Crippen molar-refractivity contribution in [3.63, 3.8) is 0 Å². The topological polar surface area (TPSA) is 58.1 Å². The minimum absolute atomic E-state index is 0.00899. The zero-order chi connectivity index (χ0) is 19.0. The molecule has 1 unspecified atom stereocenters. The summed E-state index contributed by atoms with van der Waals surface area (Å²) in [7, 11) is 0. The molecule has 1 aromatic heterocycles. The summed E-state index contributed by atoms with van der Waals surface area (Å²) in [5, 5.41) is 2.51. The lowest BCUT2D eigenvalue weighted by atomic mass is 10.1. The predicted octanol–water partition coefficient (Wildman–Crippen LogP) is 4.09. The van der Waals surface area contributed by atoms with E-state index in [2.05, 4.69) is 15.3 Å². The van der Waals surface area contributed by atoms with Crippen LogP contribution in [0.3, 0.4) is 0 Å². The first kappa shape index (κ1) is 17.1. The molecule has 5 nitrogen and oxygen atoms in total. The van der Waals surface area contributed by atoms with E-state index < -0.39 is 11.6 Å². The van der Waals surface area contributed by atoms with E-state index in [0.717, 1.165) is 29.8 Å². The highest BCUT2D eigenvalue weighted by atomic mass is 19.1. The van der Waals surface area contributed by atoms with Crippen molar-refractivity contribution in [2.75, 3.05) is 10.2 Å². The summed E-state index contributed by atoms with van der Waals surface area (Å²) in [5.41, 5.74) is 1.73. The number of carbonyl (C=O) groups is 1. The SMILES string of the molecule is CC1Cc2ccccc2N1C(=O)c1ccnc(Nc2c(F)cccc2F)n1. The Kier molecular flexibility index (Phi) is 4.27. The van der Waals surface area contributed by atoms with Crippen molar-refractivity contribution in [1.82, 2.24) is 9.97 Å². The first-order chi connectivity index (χ1) is 13.0. The lowest BCUT2D eigenvalue weighted by Crippen LogP contribution is -2.36. The van der Waals surface area contributed by atoms with Gasteiger partial charge in [0.2, 0.25) is 5.95 Å². The summed E-state index contributed by atoms with van der Waals surface area (Å²) in [6.45, 7) is 1.97. The van der Waals surface area contributed by atoms with Gasteiger partial charge in [-0.2, -0.15) is 0 Å². The molecule has 0 bridgehead atoms. The quantitative estimate of drug-likeness (QED) is 0.759. The Labute approximate surface area is 154 Å². The van der Waals surface area contributed by atoms with Gasteiger partial charge in [0.1, 0.15) is 23.0 Å². The van der Waals surface area contributed by atoms with Gasteiger partial charge in [-0.15, -0.1) is 0 Å². The minimum atomic E-state index is -0.766. The van der Waals surface area contributed by atoms with Crippen LogP contribution in [0.5, 0.6) is 0 Å². The second-order valence-corrected chi connectivity index (χ2v) is 6.34. The summed E-state index contributed by atoms with van der Waals surface area (Å²) in [6, 6.07) is 12.7. The van der Waals surface area contributed by atoms with E-state index in [-0.39, 0.29) is 29.3 Å². The van der Waals surface area contributed by atoms with Gasteiger partial charge < -0.3 is 10.2 Å². The van der Waals surface area contributed by atoms with Crippen molar-refractivity contribution in [3.05, 3.63) is 77.6 Å². The summed E-state index contributed by atoms with van der Waals surface area (Å²) in [4.78, 5) is 22.8. The van der Waals surface area contributed by atoms with Crippen molar-refractivity contribution in [1.29, 1.82) is 0 Å². The van der Waals surface area contributed by atoms with E-state index in [1.165, 1.54) is 18.3 Å². The molecule has 4 rings (SSSR count). The number of nitrogens with zero attached hydrogens (tertiary/aromatic N) is 3. The molecular formula is C20H16F2N4O. The Morgan fingerprint density at radius 3 is 2.63 bits per heavy atom. The van der Waals surface area contributed by atoms with Crippen LogP contribution in [-0.4, -0.2) is 21.9 Å². The maximum absolute atomic E-state index is 13.8. The lowest BCUT2D eigenvalue weighted by Gasteiger charge is -2.22. The summed E-state index contributed by atoms with van der Waals surface area (Å²) < 4.78 is 27.6. The van der Waals surface area contributed by atoms with Gasteiger partial charge in [0, 0.05) is 17.9 Å². The highest BCUT2D eigenvalue weighted by Crippen LogP contribution is 2.33. The molecule has 1 N–H and O–H groups in total. The molecule has 136 valence electrons. The maximum Gasteiger partial charge on any atom is 0.277 e. The van der Waals surface area contributed by atoms with E-state index in [4.69, 9.17) is 0 Å². The fourth-order valence-electron chi connectivity index (χ4n) is 3.27. The molecule has 0 saturated carbocycles. The van der Waals surface area contributed by atoms with Gasteiger partial charge in [0.15, 0.2) is 0 Å². The Morgan fingerprint density at radius 1 is 1.11 bits per heavy atom. The van der Waals surface area contributed by atoms with E-state index in [9.17, 15) is 13.6 Å². The van der Waals surface area contributed by atoms with Gasteiger partial charge in [-0.25, -0.2) is 18.7 Å². The van der Waals surface area contributed by atoms with E-state index in [1.54, 1.807) is 4.90 Å². The Hall–Kier alpha value is -3.35. The number of aromatic nitrogens is 2. The van der Waals surface area contributed by atoms with Crippen molar-refractivity contribution < 1.29 is 13.6 Å². The summed E-state index contributed by atoms with van der Waals surface area (Å²) in [6.07, 6.45) is 2.15. The Balaban J connectivity index is 1.64. The molecule has 2 aromatic carbocycles. The average molecular weight is 366 g/mol. The molecule has 0 saturated heterocycles. The van der Waals surface area contributed by atoms with Crippen molar-refractivity contribution >= 4 is 23.2 Å². The standard InChI is InChI=1S/C20H16F2N4O/c1-12-11-13-5-2-3-8-17(13)26(12)19(27)16-9-10-23-20(24-16)25-18-14(21)6-4-7-15(18)22/h2-10,12H,11H2,1H3,(H,23,24,25). The third-order valence-electron chi connectivity index (χ3n) is 4.50. The molecule has 1 aliphatic rings. The molecule has 0 fully saturated rings. The average Bonchev–Trinajstić information content (AvgIpc) is 3.00. The first-order valence-electron chi connectivity index (χ1n) is 8.50. The molecule has 1 amide bonds. The number of hydrogen-bond donors (Lipinski definition) is 1. The van der Waals surface area contributed by atoms with Gasteiger partial charge in [-0.3, -0.25) is 4.79 Å². The fraction of sp³-hybridized carbons (Fsp3) is 0.150. The number of carbonyl (C=O) groups excluding carboxylic acids is 1. The molecule has 0 radical (unpaired) electrons. The third kappa shape index (κ3) is 3.12. The van der Waals surface area contributed by atoms with E-state index >= 15 is 0 Å². The van der Waals surface area contributed by atoms with E-state index in [1.807, 2.05) is 31.2 Å². The van der Waals surface area contributed by atoms with Crippen LogP contribution in [0.15, 0.2) is 54.7 Å². The lowest BCUT2D eigenvalue weighted by molar-refractivity contribution is 0.0976. The van der Waals surface area contributed by atoms with Crippen LogP contribution in [0.1, 0.15) is 23.0 Å². The molecule has 0 aliphatic carbocycles. The van der Waals surface area contributed by atoms with Gasteiger partial charge in [0.25, 0.3) is 5.91 Å². The van der Waals surface area contributed by atoms with Crippen LogP contribution in [0.25, 0.3) is 0 Å². The summed E-state index contributed by atoms with van der Waals surface area (Å²) >= 11 is 0. The van der Waals surface area contributed by atoms with Crippen LogP contribution in [0.4, 0.5) is 26.1 Å². The molecule has 27 heavy (non-hydrogen) atoms. The van der Waals surface area contributed by atoms with Gasteiger partial charge >= 0.3 is 0 Å². The number of para-hydroxylation sites is 2. The fourth-order valence-corrected chi connectivity index (χ4v) is 3.27. The predicted molar refractivity (Wildman–Crippen MR) is 98.1 cm³/mol. The van der Waals surface area contributed by atoms with Crippen LogP contribution in [-0.2, 0) is 6.42 Å². The second kappa shape index (κ2) is 6.75. The number of hydrogen-bond acceptors (Lipinski definition) is 4. The largest absolute Gasteiger partial charge is 0.319 e. The number of fused-ring (bicyclic) bond motifs is 1. The summed E-state index contributed by atoms with van der Waals surface area (Å²) in [5.74, 6) is -1.87. The molecule has 3 aromatic rings. The van der Waals surface area contributed by atoms with Crippen LogP contribution in [0.2, 0.25) is 0 Å². The minimum Gasteiger partial charge on any atom is -0.319 e. The molecular weight excluding hydrogens is 350 g/mol.